The summed E-state index contributed by atoms with van der Waals surface area (Å²) in [6, 6.07) is 5.83. The van der Waals surface area contributed by atoms with Crippen LogP contribution in [0.25, 0.3) is 0 Å². The molecule has 3 rings (SSSR count). The molecular formula is C12H14N2O2. The zero-order chi connectivity index (χ0) is 11.2. The topological polar surface area (TPSA) is 50.4 Å². The lowest BCUT2D eigenvalue weighted by atomic mass is 9.81. The zero-order valence-electron chi connectivity index (χ0n) is 9.17. The number of benzene rings is 1. The summed E-state index contributed by atoms with van der Waals surface area (Å²) in [6.45, 7) is 1.61. The van der Waals surface area contributed by atoms with Crippen molar-refractivity contribution >= 4 is 11.6 Å². The highest BCUT2D eigenvalue weighted by Gasteiger charge is 2.49. The third-order valence-corrected chi connectivity index (χ3v) is 3.59. The van der Waals surface area contributed by atoms with Crippen LogP contribution in [-0.4, -0.2) is 26.1 Å². The van der Waals surface area contributed by atoms with E-state index in [9.17, 15) is 4.79 Å². The average molecular weight is 218 g/mol. The first-order chi connectivity index (χ1) is 7.78. The van der Waals surface area contributed by atoms with E-state index in [-0.39, 0.29) is 11.3 Å². The van der Waals surface area contributed by atoms with Crippen LogP contribution in [0.15, 0.2) is 18.2 Å². The molecule has 1 aromatic rings. The second-order valence-electron chi connectivity index (χ2n) is 4.35. The fourth-order valence-corrected chi connectivity index (χ4v) is 2.70. The largest absolute Gasteiger partial charge is 0.495 e. The fraction of sp³-hybridized carbons (Fsp3) is 0.417. The molecule has 1 saturated heterocycles. The summed E-state index contributed by atoms with van der Waals surface area (Å²) < 4.78 is 5.27. The number of nitrogens with one attached hydrogen (secondary N) is 2. The molecule has 0 aromatic heterocycles. The summed E-state index contributed by atoms with van der Waals surface area (Å²) in [5, 5.41) is 6.21. The second kappa shape index (κ2) is 3.22. The summed E-state index contributed by atoms with van der Waals surface area (Å²) in [7, 11) is 1.62. The van der Waals surface area contributed by atoms with E-state index in [2.05, 4.69) is 10.6 Å². The molecule has 2 heterocycles. The molecule has 84 valence electrons. The highest BCUT2D eigenvalue weighted by Crippen LogP contribution is 2.45. The lowest BCUT2D eigenvalue weighted by Crippen LogP contribution is -2.36. The van der Waals surface area contributed by atoms with Crippen LogP contribution in [0.1, 0.15) is 12.0 Å². The number of carbonyl (C=O) groups excluding carboxylic acids is 1. The SMILES string of the molecule is COc1cccc2c1NC(=O)[C@@]21CCNC1. The normalized spacial score (nSPS) is 26.9. The van der Waals surface area contributed by atoms with Gasteiger partial charge in [0.15, 0.2) is 0 Å². The molecule has 0 aliphatic carbocycles. The van der Waals surface area contributed by atoms with Crippen molar-refractivity contribution in [1.29, 1.82) is 0 Å². The minimum atomic E-state index is -0.371. The molecule has 0 saturated carbocycles. The number of carbonyl (C=O) groups is 1. The van der Waals surface area contributed by atoms with Gasteiger partial charge in [-0.2, -0.15) is 0 Å². The van der Waals surface area contributed by atoms with Gasteiger partial charge in [0.2, 0.25) is 5.91 Å². The first-order valence-corrected chi connectivity index (χ1v) is 5.47. The number of ether oxygens (including phenoxy) is 1. The molecule has 1 atom stereocenters. The van der Waals surface area contributed by atoms with Gasteiger partial charge in [-0.1, -0.05) is 12.1 Å². The summed E-state index contributed by atoms with van der Waals surface area (Å²) >= 11 is 0. The maximum atomic E-state index is 12.1. The van der Waals surface area contributed by atoms with Crippen molar-refractivity contribution in [2.45, 2.75) is 11.8 Å². The van der Waals surface area contributed by atoms with Crippen LogP contribution in [0.3, 0.4) is 0 Å². The van der Waals surface area contributed by atoms with Crippen LogP contribution in [-0.2, 0) is 10.2 Å². The molecule has 4 nitrogen and oxygen atoms in total. The molecule has 2 N–H and O–H groups in total. The summed E-state index contributed by atoms with van der Waals surface area (Å²) in [5.41, 5.74) is 1.55. The molecule has 0 radical (unpaired) electrons. The van der Waals surface area contributed by atoms with Crippen LogP contribution < -0.4 is 15.4 Å². The van der Waals surface area contributed by atoms with Crippen molar-refractivity contribution < 1.29 is 9.53 Å². The second-order valence-corrected chi connectivity index (χ2v) is 4.35. The highest BCUT2D eigenvalue weighted by atomic mass is 16.5. The van der Waals surface area contributed by atoms with Gasteiger partial charge >= 0.3 is 0 Å². The van der Waals surface area contributed by atoms with E-state index in [1.807, 2.05) is 18.2 Å². The van der Waals surface area contributed by atoms with Crippen LogP contribution in [0.5, 0.6) is 5.75 Å². The molecule has 16 heavy (non-hydrogen) atoms. The van der Waals surface area contributed by atoms with E-state index in [1.165, 1.54) is 0 Å². The van der Waals surface area contributed by atoms with E-state index in [1.54, 1.807) is 7.11 Å². The number of hydrogen-bond acceptors (Lipinski definition) is 3. The monoisotopic (exact) mass is 218 g/mol. The van der Waals surface area contributed by atoms with Crippen molar-refractivity contribution in [2.75, 3.05) is 25.5 Å². The smallest absolute Gasteiger partial charge is 0.236 e. The molecule has 1 spiro atoms. The molecule has 1 aromatic carbocycles. The van der Waals surface area contributed by atoms with Gasteiger partial charge in [0.05, 0.1) is 18.2 Å². The van der Waals surface area contributed by atoms with E-state index in [0.29, 0.717) is 0 Å². The molecular weight excluding hydrogens is 204 g/mol. The Balaban J connectivity index is 2.18. The molecule has 0 unspecified atom stereocenters. The van der Waals surface area contributed by atoms with Gasteiger partial charge in [-0.3, -0.25) is 4.79 Å². The Kier molecular flexibility index (Phi) is 1.94. The Morgan fingerprint density at radius 3 is 3.00 bits per heavy atom. The molecule has 1 amide bonds. The molecule has 0 bridgehead atoms. The first-order valence-electron chi connectivity index (χ1n) is 5.47. The Morgan fingerprint density at radius 2 is 2.31 bits per heavy atom. The van der Waals surface area contributed by atoms with Crippen molar-refractivity contribution in [3.63, 3.8) is 0 Å². The molecule has 2 aliphatic heterocycles. The van der Waals surface area contributed by atoms with Gasteiger partial charge in [-0.05, 0) is 24.6 Å². The molecule has 2 aliphatic rings. The molecule has 1 fully saturated rings. The van der Waals surface area contributed by atoms with Crippen LogP contribution in [0.2, 0.25) is 0 Å². The number of methoxy groups -OCH3 is 1. The third-order valence-electron chi connectivity index (χ3n) is 3.59. The number of rotatable bonds is 1. The van der Waals surface area contributed by atoms with Gasteiger partial charge in [0, 0.05) is 6.54 Å². The fourth-order valence-electron chi connectivity index (χ4n) is 2.70. The minimum absolute atomic E-state index is 0.0944. The predicted molar refractivity (Wildman–Crippen MR) is 60.8 cm³/mol. The van der Waals surface area contributed by atoms with Gasteiger partial charge in [-0.25, -0.2) is 0 Å². The van der Waals surface area contributed by atoms with Crippen molar-refractivity contribution in [3.05, 3.63) is 23.8 Å². The maximum Gasteiger partial charge on any atom is 0.236 e. The lowest BCUT2D eigenvalue weighted by molar-refractivity contribution is -0.120. The van der Waals surface area contributed by atoms with Gasteiger partial charge in [0.25, 0.3) is 0 Å². The minimum Gasteiger partial charge on any atom is -0.495 e. The summed E-state index contributed by atoms with van der Waals surface area (Å²) in [5.74, 6) is 0.839. The Hall–Kier alpha value is -1.55. The Bertz CT molecular complexity index is 450. The number of amides is 1. The van der Waals surface area contributed by atoms with Gasteiger partial charge in [0.1, 0.15) is 5.75 Å². The number of fused-ring (bicyclic) bond motifs is 2. The van der Waals surface area contributed by atoms with E-state index in [0.717, 1.165) is 36.5 Å². The third kappa shape index (κ3) is 1.05. The van der Waals surface area contributed by atoms with Gasteiger partial charge < -0.3 is 15.4 Å². The van der Waals surface area contributed by atoms with E-state index >= 15 is 0 Å². The lowest BCUT2D eigenvalue weighted by Gasteiger charge is -2.19. The van der Waals surface area contributed by atoms with Gasteiger partial charge in [-0.15, -0.1) is 0 Å². The van der Waals surface area contributed by atoms with Crippen molar-refractivity contribution in [3.8, 4) is 5.75 Å². The number of hydrogen-bond donors (Lipinski definition) is 2. The summed E-state index contributed by atoms with van der Waals surface area (Å²) in [6.07, 6.45) is 0.860. The molecule has 4 heteroatoms. The average Bonchev–Trinajstić information content (AvgIpc) is 2.88. The Labute approximate surface area is 94.0 Å². The quantitative estimate of drug-likeness (QED) is 0.735. The number of para-hydroxylation sites is 1. The van der Waals surface area contributed by atoms with E-state index < -0.39 is 0 Å². The van der Waals surface area contributed by atoms with Crippen molar-refractivity contribution in [2.24, 2.45) is 0 Å². The maximum absolute atomic E-state index is 12.1. The van der Waals surface area contributed by atoms with Crippen LogP contribution in [0, 0.1) is 0 Å². The van der Waals surface area contributed by atoms with Crippen molar-refractivity contribution in [1.82, 2.24) is 5.32 Å². The first kappa shape index (κ1) is 9.66. The predicted octanol–water partition coefficient (Wildman–Crippen LogP) is 0.878. The van der Waals surface area contributed by atoms with E-state index in [4.69, 9.17) is 4.74 Å². The standard InChI is InChI=1S/C12H14N2O2/c1-16-9-4-2-3-8-10(9)14-11(15)12(8)5-6-13-7-12/h2-4,13H,5-7H2,1H3,(H,14,15)/t12-/m1/s1. The van der Waals surface area contributed by atoms with Crippen LogP contribution in [0.4, 0.5) is 5.69 Å². The highest BCUT2D eigenvalue weighted by molar-refractivity contribution is 6.08. The Morgan fingerprint density at radius 1 is 1.44 bits per heavy atom. The van der Waals surface area contributed by atoms with Crippen LogP contribution >= 0.6 is 0 Å². The number of anilines is 1. The zero-order valence-corrected chi connectivity index (χ0v) is 9.17. The summed E-state index contributed by atoms with van der Waals surface area (Å²) in [4.78, 5) is 12.1.